The van der Waals surface area contributed by atoms with Gasteiger partial charge in [0.2, 0.25) is 0 Å². The van der Waals surface area contributed by atoms with Gasteiger partial charge in [-0.2, -0.15) is 0 Å². The van der Waals surface area contributed by atoms with Gasteiger partial charge in [0.05, 0.1) is 24.1 Å². The van der Waals surface area contributed by atoms with Crippen molar-refractivity contribution >= 4 is 22.4 Å². The van der Waals surface area contributed by atoms with E-state index in [0.717, 1.165) is 64.9 Å². The van der Waals surface area contributed by atoms with Crippen molar-refractivity contribution in [3.8, 4) is 11.3 Å². The number of fused-ring (bicyclic) bond motifs is 1. The van der Waals surface area contributed by atoms with Crippen molar-refractivity contribution in [1.29, 1.82) is 0 Å². The summed E-state index contributed by atoms with van der Waals surface area (Å²) in [4.78, 5) is 17.5. The number of nitrogens with one attached hydrogen (secondary N) is 2. The molecule has 1 aliphatic rings. The van der Waals surface area contributed by atoms with Crippen LogP contribution in [0, 0.1) is 5.41 Å². The molecule has 7 heteroatoms. The van der Waals surface area contributed by atoms with Gasteiger partial charge in [0.1, 0.15) is 6.04 Å². The highest BCUT2D eigenvalue weighted by molar-refractivity contribution is 5.95. The molecule has 1 saturated heterocycles. The van der Waals surface area contributed by atoms with Gasteiger partial charge in [-0.1, -0.05) is 39.1 Å². The summed E-state index contributed by atoms with van der Waals surface area (Å²) in [6.45, 7) is 18.6. The summed E-state index contributed by atoms with van der Waals surface area (Å²) in [5.41, 5.74) is 13.1. The Morgan fingerprint density at radius 2 is 2.13 bits per heavy atom. The molecule has 3 heterocycles. The molecule has 0 saturated carbocycles. The highest BCUT2D eigenvalue weighted by Gasteiger charge is 2.30. The van der Waals surface area contributed by atoms with Gasteiger partial charge in [0.15, 0.2) is 0 Å². The molecule has 0 amide bonds. The third kappa shape index (κ3) is 6.16. The van der Waals surface area contributed by atoms with Crippen LogP contribution in [0.15, 0.2) is 55.8 Å². The number of methoxy groups -OCH3 is 1. The van der Waals surface area contributed by atoms with Crippen LogP contribution in [0.4, 0.5) is 0 Å². The molecule has 0 unspecified atom stereocenters. The van der Waals surface area contributed by atoms with Gasteiger partial charge >= 0.3 is 5.97 Å². The highest BCUT2D eigenvalue weighted by Crippen LogP contribution is 2.41. The average molecular weight is 531 g/mol. The van der Waals surface area contributed by atoms with E-state index in [0.29, 0.717) is 13.0 Å². The Balaban J connectivity index is 1.81. The van der Waals surface area contributed by atoms with Crippen LogP contribution in [0.5, 0.6) is 0 Å². The Morgan fingerprint density at radius 1 is 1.33 bits per heavy atom. The highest BCUT2D eigenvalue weighted by atomic mass is 16.5. The van der Waals surface area contributed by atoms with E-state index in [2.05, 4.69) is 73.6 Å². The van der Waals surface area contributed by atoms with Crippen molar-refractivity contribution < 1.29 is 14.3 Å². The maximum Gasteiger partial charge on any atom is 0.324 e. The predicted molar refractivity (Wildman–Crippen MR) is 158 cm³/mol. The first-order valence-corrected chi connectivity index (χ1v) is 13.8. The molecule has 2 aromatic heterocycles. The van der Waals surface area contributed by atoms with E-state index in [1.54, 1.807) is 13.2 Å². The zero-order valence-corrected chi connectivity index (χ0v) is 24.0. The number of carbonyl (C=O) groups excluding carboxylic acids is 1. The SMILES string of the molecule is C=CC(=C)c1ccc2c(c1)c(CC(C)(C)COC(=O)[C@@H]1CCCNN1)c(-c1cccnc1[C@H](C)OC)n2CC. The summed E-state index contributed by atoms with van der Waals surface area (Å²) in [6, 6.07) is 10.3. The largest absolute Gasteiger partial charge is 0.464 e. The summed E-state index contributed by atoms with van der Waals surface area (Å²) in [7, 11) is 1.71. The number of ether oxygens (including phenoxy) is 2. The molecule has 4 rings (SSSR count). The minimum absolute atomic E-state index is 0.168. The number of pyridine rings is 1. The molecule has 208 valence electrons. The number of nitrogens with zero attached hydrogens (tertiary/aromatic N) is 2. The lowest BCUT2D eigenvalue weighted by molar-refractivity contribution is -0.150. The zero-order valence-electron chi connectivity index (χ0n) is 24.0. The lowest BCUT2D eigenvalue weighted by Gasteiger charge is -2.28. The number of esters is 1. The number of aromatic nitrogens is 2. The number of carbonyl (C=O) groups is 1. The molecule has 0 spiro atoms. The molecule has 39 heavy (non-hydrogen) atoms. The van der Waals surface area contributed by atoms with E-state index in [1.165, 1.54) is 5.56 Å². The summed E-state index contributed by atoms with van der Waals surface area (Å²) in [5, 5.41) is 1.16. The Morgan fingerprint density at radius 3 is 2.79 bits per heavy atom. The second-order valence-electron chi connectivity index (χ2n) is 11.1. The molecule has 0 radical (unpaired) electrons. The van der Waals surface area contributed by atoms with Gasteiger partial charge < -0.3 is 14.0 Å². The van der Waals surface area contributed by atoms with Crippen molar-refractivity contribution in [2.75, 3.05) is 20.3 Å². The summed E-state index contributed by atoms with van der Waals surface area (Å²) in [5.74, 6) is -0.209. The molecular formula is C32H42N4O3. The van der Waals surface area contributed by atoms with Crippen molar-refractivity contribution in [1.82, 2.24) is 20.4 Å². The van der Waals surface area contributed by atoms with Gasteiger partial charge in [-0.25, -0.2) is 5.43 Å². The van der Waals surface area contributed by atoms with E-state index < -0.39 is 0 Å². The lowest BCUT2D eigenvalue weighted by Crippen LogP contribution is -2.50. The predicted octanol–water partition coefficient (Wildman–Crippen LogP) is 6.00. The number of hydrogen-bond acceptors (Lipinski definition) is 6. The van der Waals surface area contributed by atoms with Gasteiger partial charge in [0.25, 0.3) is 0 Å². The third-order valence-corrected chi connectivity index (χ3v) is 7.55. The fraction of sp³-hybridized carbons (Fsp3) is 0.438. The molecule has 1 aliphatic heterocycles. The van der Waals surface area contributed by atoms with Gasteiger partial charge in [-0.15, -0.1) is 0 Å². The first-order chi connectivity index (χ1) is 18.7. The topological polar surface area (TPSA) is 77.4 Å². The van der Waals surface area contributed by atoms with E-state index in [9.17, 15) is 4.79 Å². The Labute approximate surface area is 232 Å². The summed E-state index contributed by atoms with van der Waals surface area (Å²) in [6.07, 6.45) is 5.86. The molecule has 2 N–H and O–H groups in total. The van der Waals surface area contributed by atoms with Crippen molar-refractivity contribution in [3.63, 3.8) is 0 Å². The molecule has 0 aliphatic carbocycles. The monoisotopic (exact) mass is 530 g/mol. The van der Waals surface area contributed by atoms with E-state index in [-0.39, 0.29) is 23.5 Å². The van der Waals surface area contributed by atoms with E-state index >= 15 is 0 Å². The van der Waals surface area contributed by atoms with Crippen LogP contribution < -0.4 is 10.9 Å². The quantitative estimate of drug-likeness (QED) is 0.234. The Kier molecular flexibility index (Phi) is 9.05. The second-order valence-corrected chi connectivity index (χ2v) is 11.1. The van der Waals surface area contributed by atoms with Crippen molar-refractivity contribution in [2.24, 2.45) is 5.41 Å². The van der Waals surface area contributed by atoms with E-state index in [4.69, 9.17) is 14.5 Å². The molecule has 3 aromatic rings. The van der Waals surface area contributed by atoms with Crippen LogP contribution >= 0.6 is 0 Å². The average Bonchev–Trinajstić information content (AvgIpc) is 3.27. The smallest absolute Gasteiger partial charge is 0.324 e. The third-order valence-electron chi connectivity index (χ3n) is 7.55. The van der Waals surface area contributed by atoms with Crippen LogP contribution in [0.25, 0.3) is 27.7 Å². The molecular weight excluding hydrogens is 488 g/mol. The minimum atomic E-state index is -0.319. The van der Waals surface area contributed by atoms with Crippen LogP contribution in [-0.4, -0.2) is 41.8 Å². The molecule has 2 atom stereocenters. The molecule has 1 fully saturated rings. The first-order valence-electron chi connectivity index (χ1n) is 13.8. The zero-order chi connectivity index (χ0) is 28.2. The van der Waals surface area contributed by atoms with Crippen LogP contribution in [-0.2, 0) is 27.2 Å². The minimum Gasteiger partial charge on any atom is -0.464 e. The molecule has 7 nitrogen and oxygen atoms in total. The van der Waals surface area contributed by atoms with Crippen molar-refractivity contribution in [2.45, 2.75) is 65.6 Å². The number of benzene rings is 1. The maximum absolute atomic E-state index is 12.8. The van der Waals surface area contributed by atoms with E-state index in [1.807, 2.05) is 19.2 Å². The summed E-state index contributed by atoms with van der Waals surface area (Å²) >= 11 is 0. The van der Waals surface area contributed by atoms with Gasteiger partial charge in [0, 0.05) is 48.3 Å². The van der Waals surface area contributed by atoms with Crippen molar-refractivity contribution in [3.05, 3.63) is 72.6 Å². The number of rotatable bonds is 11. The van der Waals surface area contributed by atoms with Crippen LogP contribution in [0.2, 0.25) is 0 Å². The second kappa shape index (κ2) is 12.3. The standard InChI is InChI=1S/C32H42N4O3/c1-8-21(3)23-14-15-28-25(18-23)26(19-32(5,6)20-39-31(37)27-13-11-17-34-35-27)30(36(28)9-2)24-12-10-16-33-29(24)22(4)38-7/h8,10,12,14-16,18,22,27,34-35H,1,3,9,11,13,17,19-20H2,2,4-7H3/t22-,27-/m0/s1. The Hall–Kier alpha value is -3.26. The maximum atomic E-state index is 12.8. The number of aryl methyl sites for hydroxylation is 1. The number of allylic oxidation sites excluding steroid dienone is 2. The number of hydrogen-bond donors (Lipinski definition) is 2. The molecule has 0 bridgehead atoms. The van der Waals surface area contributed by atoms with Crippen LogP contribution in [0.3, 0.4) is 0 Å². The lowest BCUT2D eigenvalue weighted by atomic mass is 9.84. The Bertz CT molecular complexity index is 1350. The van der Waals surface area contributed by atoms with Crippen LogP contribution in [0.1, 0.15) is 63.5 Å². The fourth-order valence-electron chi connectivity index (χ4n) is 5.35. The normalized spacial score (nSPS) is 16.7. The molecule has 1 aromatic carbocycles. The van der Waals surface area contributed by atoms with Gasteiger partial charge in [-0.3, -0.25) is 15.2 Å². The first kappa shape index (κ1) is 28.7. The number of hydrazine groups is 1. The fourth-order valence-corrected chi connectivity index (χ4v) is 5.35. The summed E-state index contributed by atoms with van der Waals surface area (Å²) < 4.78 is 13.9. The van der Waals surface area contributed by atoms with Gasteiger partial charge in [-0.05, 0) is 74.1 Å².